The molecule has 3 aromatic heterocycles. The summed E-state index contributed by atoms with van der Waals surface area (Å²) in [5.74, 6) is -0.984. The summed E-state index contributed by atoms with van der Waals surface area (Å²) in [6, 6.07) is 7.27. The number of aromatic nitrogens is 3. The molecule has 88 valence electrons. The molecular formula is C13H9N3O2. The van der Waals surface area contributed by atoms with Crippen LogP contribution in [-0.2, 0) is 0 Å². The normalized spacial score (nSPS) is 10.7. The van der Waals surface area contributed by atoms with Crippen molar-refractivity contribution in [3.63, 3.8) is 0 Å². The van der Waals surface area contributed by atoms with Gasteiger partial charge in [-0.2, -0.15) is 0 Å². The maximum Gasteiger partial charge on any atom is 0.337 e. The third kappa shape index (κ3) is 1.62. The average molecular weight is 239 g/mol. The van der Waals surface area contributed by atoms with Crippen LogP contribution in [0, 0.1) is 0 Å². The van der Waals surface area contributed by atoms with Crippen molar-refractivity contribution in [1.29, 1.82) is 0 Å². The van der Waals surface area contributed by atoms with Crippen LogP contribution in [0.4, 0.5) is 0 Å². The summed E-state index contributed by atoms with van der Waals surface area (Å²) in [5, 5.41) is 8.97. The fourth-order valence-electron chi connectivity index (χ4n) is 1.88. The molecule has 3 aromatic rings. The van der Waals surface area contributed by atoms with Gasteiger partial charge in [-0.05, 0) is 18.2 Å². The summed E-state index contributed by atoms with van der Waals surface area (Å²) < 4.78 is 1.89. The maximum atomic E-state index is 10.9. The Labute approximate surface area is 102 Å². The second kappa shape index (κ2) is 3.96. The first-order chi connectivity index (χ1) is 8.75. The topological polar surface area (TPSA) is 67.5 Å². The van der Waals surface area contributed by atoms with E-state index >= 15 is 0 Å². The Kier molecular flexibility index (Phi) is 2.30. The second-order valence-corrected chi connectivity index (χ2v) is 3.83. The molecule has 5 nitrogen and oxygen atoms in total. The molecule has 0 aromatic carbocycles. The Hall–Kier alpha value is -2.69. The number of imidazole rings is 1. The first kappa shape index (κ1) is 10.5. The smallest absolute Gasteiger partial charge is 0.337 e. The highest BCUT2D eigenvalue weighted by molar-refractivity contribution is 5.88. The van der Waals surface area contributed by atoms with E-state index in [2.05, 4.69) is 9.97 Å². The van der Waals surface area contributed by atoms with E-state index in [0.29, 0.717) is 0 Å². The van der Waals surface area contributed by atoms with Gasteiger partial charge in [0.05, 0.1) is 11.3 Å². The first-order valence-corrected chi connectivity index (χ1v) is 5.36. The standard InChI is InChI=1S/C13H9N3O2/c17-13(18)10-6-9(7-14-8-10)11-2-1-3-12-15-4-5-16(11)12/h1-8H,(H,17,18). The molecule has 0 saturated heterocycles. The SMILES string of the molecule is O=C(O)c1cncc(-c2cccc3nccn23)c1. The van der Waals surface area contributed by atoms with Crippen LogP contribution < -0.4 is 0 Å². The van der Waals surface area contributed by atoms with Crippen LogP contribution >= 0.6 is 0 Å². The van der Waals surface area contributed by atoms with Gasteiger partial charge in [0, 0.05) is 30.4 Å². The third-order valence-electron chi connectivity index (χ3n) is 2.71. The lowest BCUT2D eigenvalue weighted by Gasteiger charge is -2.05. The van der Waals surface area contributed by atoms with E-state index in [1.165, 1.54) is 6.20 Å². The van der Waals surface area contributed by atoms with Crippen molar-refractivity contribution >= 4 is 11.6 Å². The Morgan fingerprint density at radius 2 is 2.17 bits per heavy atom. The van der Waals surface area contributed by atoms with Gasteiger partial charge in [0.2, 0.25) is 0 Å². The molecule has 0 aliphatic heterocycles. The van der Waals surface area contributed by atoms with Crippen LogP contribution in [0.3, 0.4) is 0 Å². The summed E-state index contributed by atoms with van der Waals surface area (Å²) in [7, 11) is 0. The molecule has 5 heteroatoms. The molecular weight excluding hydrogens is 230 g/mol. The zero-order valence-corrected chi connectivity index (χ0v) is 9.32. The molecule has 0 aliphatic carbocycles. The Balaban J connectivity index is 2.23. The zero-order valence-electron chi connectivity index (χ0n) is 9.32. The number of pyridine rings is 2. The number of carboxylic acid groups (broad SMARTS) is 1. The largest absolute Gasteiger partial charge is 0.478 e. The van der Waals surface area contributed by atoms with Crippen LogP contribution in [0.2, 0.25) is 0 Å². The van der Waals surface area contributed by atoms with Crippen LogP contribution in [-0.4, -0.2) is 25.4 Å². The van der Waals surface area contributed by atoms with Crippen LogP contribution in [0.25, 0.3) is 16.9 Å². The van der Waals surface area contributed by atoms with E-state index < -0.39 is 5.97 Å². The lowest BCUT2D eigenvalue weighted by atomic mass is 10.1. The van der Waals surface area contributed by atoms with Crippen molar-refractivity contribution in [3.05, 3.63) is 54.6 Å². The number of carboxylic acids is 1. The lowest BCUT2D eigenvalue weighted by molar-refractivity contribution is 0.0696. The van der Waals surface area contributed by atoms with Gasteiger partial charge >= 0.3 is 5.97 Å². The number of fused-ring (bicyclic) bond motifs is 1. The number of aromatic carboxylic acids is 1. The van der Waals surface area contributed by atoms with Gasteiger partial charge in [-0.15, -0.1) is 0 Å². The quantitative estimate of drug-likeness (QED) is 0.743. The average Bonchev–Trinajstić information content (AvgIpc) is 2.87. The van der Waals surface area contributed by atoms with Crippen molar-refractivity contribution in [1.82, 2.24) is 14.4 Å². The summed E-state index contributed by atoms with van der Waals surface area (Å²) in [4.78, 5) is 19.1. The molecule has 0 fully saturated rings. The summed E-state index contributed by atoms with van der Waals surface area (Å²) in [6.07, 6.45) is 6.51. The fraction of sp³-hybridized carbons (Fsp3) is 0. The first-order valence-electron chi connectivity index (χ1n) is 5.36. The van der Waals surface area contributed by atoms with E-state index in [0.717, 1.165) is 16.9 Å². The van der Waals surface area contributed by atoms with E-state index in [1.807, 2.05) is 28.8 Å². The van der Waals surface area contributed by atoms with E-state index in [9.17, 15) is 4.79 Å². The van der Waals surface area contributed by atoms with E-state index in [-0.39, 0.29) is 5.56 Å². The van der Waals surface area contributed by atoms with Crippen LogP contribution in [0.1, 0.15) is 10.4 Å². The molecule has 0 bridgehead atoms. The monoisotopic (exact) mass is 239 g/mol. The highest BCUT2D eigenvalue weighted by Crippen LogP contribution is 2.20. The fourth-order valence-corrected chi connectivity index (χ4v) is 1.88. The zero-order chi connectivity index (χ0) is 12.5. The minimum atomic E-state index is -0.984. The second-order valence-electron chi connectivity index (χ2n) is 3.83. The molecule has 0 aliphatic rings. The van der Waals surface area contributed by atoms with Gasteiger partial charge in [0.1, 0.15) is 5.65 Å². The highest BCUT2D eigenvalue weighted by Gasteiger charge is 2.08. The lowest BCUT2D eigenvalue weighted by Crippen LogP contribution is -1.98. The maximum absolute atomic E-state index is 10.9. The van der Waals surface area contributed by atoms with Crippen molar-refractivity contribution in [3.8, 4) is 11.3 Å². The Bertz CT molecular complexity index is 734. The number of rotatable bonds is 2. The summed E-state index contributed by atoms with van der Waals surface area (Å²) >= 11 is 0. The van der Waals surface area contributed by atoms with Gasteiger partial charge in [0.25, 0.3) is 0 Å². The van der Waals surface area contributed by atoms with Crippen molar-refractivity contribution in [2.45, 2.75) is 0 Å². The van der Waals surface area contributed by atoms with Crippen LogP contribution in [0.15, 0.2) is 49.1 Å². The third-order valence-corrected chi connectivity index (χ3v) is 2.71. The predicted molar refractivity (Wildman–Crippen MR) is 65.4 cm³/mol. The Morgan fingerprint density at radius 1 is 1.28 bits per heavy atom. The van der Waals surface area contributed by atoms with Crippen molar-refractivity contribution < 1.29 is 9.90 Å². The van der Waals surface area contributed by atoms with E-state index in [1.54, 1.807) is 18.5 Å². The number of nitrogens with zero attached hydrogens (tertiary/aromatic N) is 3. The van der Waals surface area contributed by atoms with Crippen LogP contribution in [0.5, 0.6) is 0 Å². The molecule has 18 heavy (non-hydrogen) atoms. The van der Waals surface area contributed by atoms with E-state index in [4.69, 9.17) is 5.11 Å². The molecule has 0 spiro atoms. The number of hydrogen-bond acceptors (Lipinski definition) is 3. The van der Waals surface area contributed by atoms with Crippen molar-refractivity contribution in [2.24, 2.45) is 0 Å². The molecule has 1 N–H and O–H groups in total. The molecule has 0 radical (unpaired) electrons. The van der Waals surface area contributed by atoms with Gasteiger partial charge < -0.3 is 5.11 Å². The minimum absolute atomic E-state index is 0.171. The molecule has 3 rings (SSSR count). The molecule has 0 saturated carbocycles. The number of hydrogen-bond donors (Lipinski definition) is 1. The molecule has 3 heterocycles. The van der Waals surface area contributed by atoms with Gasteiger partial charge in [-0.25, -0.2) is 9.78 Å². The summed E-state index contributed by atoms with van der Waals surface area (Å²) in [5.41, 5.74) is 2.59. The minimum Gasteiger partial charge on any atom is -0.478 e. The molecule has 0 atom stereocenters. The summed E-state index contributed by atoms with van der Waals surface area (Å²) in [6.45, 7) is 0. The predicted octanol–water partition coefficient (Wildman–Crippen LogP) is 2.09. The highest BCUT2D eigenvalue weighted by atomic mass is 16.4. The van der Waals surface area contributed by atoms with Gasteiger partial charge in [-0.1, -0.05) is 6.07 Å². The van der Waals surface area contributed by atoms with Gasteiger partial charge in [-0.3, -0.25) is 9.38 Å². The molecule has 0 unspecified atom stereocenters. The molecule has 0 amide bonds. The van der Waals surface area contributed by atoms with Gasteiger partial charge in [0.15, 0.2) is 0 Å². The Morgan fingerprint density at radius 3 is 3.00 bits per heavy atom. The van der Waals surface area contributed by atoms with Crippen molar-refractivity contribution in [2.75, 3.05) is 0 Å². The number of carbonyl (C=O) groups is 1.